The van der Waals surface area contributed by atoms with Crippen LogP contribution in [0.1, 0.15) is 24.3 Å². The van der Waals surface area contributed by atoms with E-state index in [0.29, 0.717) is 0 Å². The number of carbonyl (C=O) groups excluding carboxylic acids is 1. The van der Waals surface area contributed by atoms with Crippen molar-refractivity contribution in [3.05, 3.63) is 24.0 Å². The van der Waals surface area contributed by atoms with Gasteiger partial charge in [0.1, 0.15) is 6.61 Å². The maximum Gasteiger partial charge on any atom is 0.356 e. The molecule has 0 fully saturated rings. The Morgan fingerprint density at radius 1 is 1.53 bits per heavy atom. The zero-order valence-electron chi connectivity index (χ0n) is 9.64. The maximum absolute atomic E-state index is 11.4. The first kappa shape index (κ1) is 13.1. The van der Waals surface area contributed by atoms with Gasteiger partial charge in [0.05, 0.1) is 11.8 Å². The number of amides is 1. The number of nitrogens with one attached hydrogen (secondary N) is 1. The predicted molar refractivity (Wildman–Crippen MR) is 60.9 cm³/mol. The van der Waals surface area contributed by atoms with Gasteiger partial charge in [0.15, 0.2) is 5.69 Å². The van der Waals surface area contributed by atoms with Gasteiger partial charge in [-0.1, -0.05) is 0 Å². The molecule has 17 heavy (non-hydrogen) atoms. The van der Waals surface area contributed by atoms with E-state index in [1.54, 1.807) is 19.9 Å². The Morgan fingerprint density at radius 3 is 2.82 bits per heavy atom. The first-order valence-corrected chi connectivity index (χ1v) is 5.10. The molecule has 0 saturated carbocycles. The minimum absolute atomic E-state index is 0.0615. The molecule has 0 aliphatic carbocycles. The van der Waals surface area contributed by atoms with Gasteiger partial charge in [-0.15, -0.1) is 0 Å². The Bertz CT molecular complexity index is 418. The summed E-state index contributed by atoms with van der Waals surface area (Å²) in [5, 5.41) is 11.3. The number of pyridine rings is 1. The number of hydrogen-bond donors (Lipinski definition) is 2. The van der Waals surface area contributed by atoms with Crippen molar-refractivity contribution in [3.63, 3.8) is 0 Å². The first-order chi connectivity index (χ1) is 8.00. The third-order valence-electron chi connectivity index (χ3n) is 1.83. The standard InChI is InChI=1S/C11H14N2O4/c1-7(2)17-6-9(14)13-8-4-3-5-12-10(8)11(15)16/h3-5,7H,6H2,1-2H3,(H,13,14)(H,15,16). The van der Waals surface area contributed by atoms with Crippen LogP contribution in [0.2, 0.25) is 0 Å². The largest absolute Gasteiger partial charge is 0.476 e. The van der Waals surface area contributed by atoms with Gasteiger partial charge in [-0.3, -0.25) is 4.79 Å². The van der Waals surface area contributed by atoms with Crippen molar-refractivity contribution in [3.8, 4) is 0 Å². The summed E-state index contributed by atoms with van der Waals surface area (Å²) < 4.78 is 5.10. The molecule has 6 heteroatoms. The van der Waals surface area contributed by atoms with E-state index in [1.807, 2.05) is 0 Å². The molecule has 1 amide bonds. The molecule has 0 aromatic carbocycles. The first-order valence-electron chi connectivity index (χ1n) is 5.10. The molecule has 0 spiro atoms. The van der Waals surface area contributed by atoms with Crippen LogP contribution in [0, 0.1) is 0 Å². The van der Waals surface area contributed by atoms with Crippen LogP contribution in [-0.2, 0) is 9.53 Å². The van der Waals surface area contributed by atoms with E-state index in [4.69, 9.17) is 9.84 Å². The van der Waals surface area contributed by atoms with Crippen molar-refractivity contribution in [2.75, 3.05) is 11.9 Å². The van der Waals surface area contributed by atoms with Gasteiger partial charge in [-0.25, -0.2) is 9.78 Å². The molecule has 1 heterocycles. The summed E-state index contributed by atoms with van der Waals surface area (Å²) in [5.74, 6) is -1.60. The van der Waals surface area contributed by atoms with Crippen LogP contribution in [0.3, 0.4) is 0 Å². The fourth-order valence-electron chi connectivity index (χ4n) is 1.11. The highest BCUT2D eigenvalue weighted by Gasteiger charge is 2.13. The number of carboxylic acid groups (broad SMARTS) is 1. The summed E-state index contributed by atoms with van der Waals surface area (Å²) in [6.07, 6.45) is 1.29. The normalized spacial score (nSPS) is 10.3. The monoisotopic (exact) mass is 238 g/mol. The molecular weight excluding hydrogens is 224 g/mol. The average molecular weight is 238 g/mol. The highest BCUT2D eigenvalue weighted by molar-refractivity contribution is 5.99. The molecule has 0 unspecified atom stereocenters. The van der Waals surface area contributed by atoms with Crippen molar-refractivity contribution in [2.45, 2.75) is 20.0 Å². The van der Waals surface area contributed by atoms with Crippen molar-refractivity contribution < 1.29 is 19.4 Å². The summed E-state index contributed by atoms with van der Waals surface area (Å²) in [4.78, 5) is 25.9. The quantitative estimate of drug-likeness (QED) is 0.803. The second-order valence-corrected chi connectivity index (χ2v) is 3.61. The van der Waals surface area contributed by atoms with Gasteiger partial charge in [0, 0.05) is 6.20 Å². The van der Waals surface area contributed by atoms with Crippen LogP contribution in [0.15, 0.2) is 18.3 Å². The smallest absolute Gasteiger partial charge is 0.356 e. The van der Waals surface area contributed by atoms with Gasteiger partial charge < -0.3 is 15.2 Å². The minimum Gasteiger partial charge on any atom is -0.476 e. The number of hydrogen-bond acceptors (Lipinski definition) is 4. The molecule has 0 radical (unpaired) electrons. The molecule has 92 valence electrons. The van der Waals surface area contributed by atoms with Gasteiger partial charge >= 0.3 is 5.97 Å². The Balaban J connectivity index is 2.68. The molecular formula is C11H14N2O4. The van der Waals surface area contributed by atoms with E-state index in [9.17, 15) is 9.59 Å². The second-order valence-electron chi connectivity index (χ2n) is 3.61. The van der Waals surface area contributed by atoms with Gasteiger partial charge in [0.2, 0.25) is 5.91 Å². The number of rotatable bonds is 5. The lowest BCUT2D eigenvalue weighted by Gasteiger charge is -2.09. The topological polar surface area (TPSA) is 88.5 Å². The number of carboxylic acids is 1. The van der Waals surface area contributed by atoms with Crippen LogP contribution >= 0.6 is 0 Å². The lowest BCUT2D eigenvalue weighted by atomic mass is 10.3. The number of anilines is 1. The van der Waals surface area contributed by atoms with Crippen molar-refractivity contribution in [1.82, 2.24) is 4.98 Å². The Morgan fingerprint density at radius 2 is 2.24 bits per heavy atom. The molecule has 0 bridgehead atoms. The molecule has 1 aromatic heterocycles. The van der Waals surface area contributed by atoms with Gasteiger partial charge in [-0.2, -0.15) is 0 Å². The van der Waals surface area contributed by atoms with Crippen LogP contribution in [0.25, 0.3) is 0 Å². The SMILES string of the molecule is CC(C)OCC(=O)Nc1cccnc1C(=O)O. The second kappa shape index (κ2) is 5.95. The summed E-state index contributed by atoms with van der Waals surface area (Å²) in [5.41, 5.74) is -0.0252. The Kier molecular flexibility index (Phi) is 4.59. The van der Waals surface area contributed by atoms with Crippen LogP contribution in [0.5, 0.6) is 0 Å². The van der Waals surface area contributed by atoms with Crippen molar-refractivity contribution >= 4 is 17.6 Å². The van der Waals surface area contributed by atoms with E-state index < -0.39 is 11.9 Å². The van der Waals surface area contributed by atoms with Crippen molar-refractivity contribution in [2.24, 2.45) is 0 Å². The molecule has 0 saturated heterocycles. The van der Waals surface area contributed by atoms with Gasteiger partial charge in [-0.05, 0) is 26.0 Å². The van der Waals surface area contributed by atoms with Crippen LogP contribution in [0.4, 0.5) is 5.69 Å². The zero-order valence-corrected chi connectivity index (χ0v) is 9.64. The number of nitrogens with zero attached hydrogens (tertiary/aromatic N) is 1. The van der Waals surface area contributed by atoms with E-state index in [0.717, 1.165) is 0 Å². The Labute approximate surface area is 98.6 Å². The lowest BCUT2D eigenvalue weighted by Crippen LogP contribution is -2.22. The molecule has 1 aromatic rings. The maximum atomic E-state index is 11.4. The molecule has 6 nitrogen and oxygen atoms in total. The average Bonchev–Trinajstić information content (AvgIpc) is 2.27. The molecule has 0 atom stereocenters. The minimum atomic E-state index is -1.19. The predicted octanol–water partition coefficient (Wildman–Crippen LogP) is 1.14. The van der Waals surface area contributed by atoms with E-state index in [-0.39, 0.29) is 24.1 Å². The molecule has 0 aliphatic rings. The summed E-state index contributed by atoms with van der Waals surface area (Å²) >= 11 is 0. The third kappa shape index (κ3) is 4.20. The molecule has 0 aliphatic heterocycles. The fourth-order valence-corrected chi connectivity index (χ4v) is 1.11. The highest BCUT2D eigenvalue weighted by atomic mass is 16.5. The fraction of sp³-hybridized carbons (Fsp3) is 0.364. The zero-order chi connectivity index (χ0) is 12.8. The third-order valence-corrected chi connectivity index (χ3v) is 1.83. The lowest BCUT2D eigenvalue weighted by molar-refractivity contribution is -0.121. The number of ether oxygens (including phenoxy) is 1. The summed E-state index contributed by atoms with van der Waals surface area (Å²) in [7, 11) is 0. The van der Waals surface area contributed by atoms with E-state index >= 15 is 0 Å². The van der Waals surface area contributed by atoms with Gasteiger partial charge in [0.25, 0.3) is 0 Å². The summed E-state index contributed by atoms with van der Waals surface area (Å²) in [6, 6.07) is 3.02. The summed E-state index contributed by atoms with van der Waals surface area (Å²) in [6.45, 7) is 3.49. The number of aromatic carboxylic acids is 1. The molecule has 2 N–H and O–H groups in total. The molecule has 1 rings (SSSR count). The van der Waals surface area contributed by atoms with E-state index in [1.165, 1.54) is 12.3 Å². The number of carbonyl (C=O) groups is 2. The van der Waals surface area contributed by atoms with Crippen molar-refractivity contribution in [1.29, 1.82) is 0 Å². The van der Waals surface area contributed by atoms with Crippen LogP contribution < -0.4 is 5.32 Å². The van der Waals surface area contributed by atoms with Crippen LogP contribution in [-0.4, -0.2) is 34.7 Å². The Hall–Kier alpha value is -1.95. The number of aromatic nitrogens is 1. The highest BCUT2D eigenvalue weighted by Crippen LogP contribution is 2.11. The van der Waals surface area contributed by atoms with E-state index in [2.05, 4.69) is 10.3 Å².